The molecule has 0 atom stereocenters. The predicted molar refractivity (Wildman–Crippen MR) is 52.6 cm³/mol. The van der Waals surface area contributed by atoms with Crippen molar-refractivity contribution in [2.24, 2.45) is 0 Å². The molecule has 0 fully saturated rings. The van der Waals surface area contributed by atoms with E-state index in [1.165, 1.54) is 24.3 Å². The van der Waals surface area contributed by atoms with Gasteiger partial charge in [0.05, 0.1) is 18.4 Å². The van der Waals surface area contributed by atoms with Crippen molar-refractivity contribution in [3.63, 3.8) is 0 Å². The Hall–Kier alpha value is -1.45. The van der Waals surface area contributed by atoms with Gasteiger partial charge in [0, 0.05) is 0 Å². The monoisotopic (exact) mass is 228 g/mol. The molecule has 0 aromatic heterocycles. The summed E-state index contributed by atoms with van der Waals surface area (Å²) in [5.74, 6) is -0.671. The van der Waals surface area contributed by atoms with Crippen molar-refractivity contribution in [3.05, 3.63) is 35.6 Å². The molecule has 0 bridgehead atoms. The number of hydrogen-bond donors (Lipinski definition) is 1. The van der Waals surface area contributed by atoms with Crippen LogP contribution in [0.2, 0.25) is 0 Å². The van der Waals surface area contributed by atoms with Gasteiger partial charge in [-0.15, -0.1) is 0 Å². The topological polar surface area (TPSA) is 70.0 Å². The van der Waals surface area contributed by atoms with E-state index in [1.54, 1.807) is 6.07 Å². The van der Waals surface area contributed by atoms with Crippen LogP contribution in [0.1, 0.15) is 5.56 Å². The van der Waals surface area contributed by atoms with Crippen molar-refractivity contribution >= 4 is 10.0 Å². The van der Waals surface area contributed by atoms with E-state index < -0.39 is 15.8 Å². The smallest absolute Gasteiger partial charge is 0.212 e. The quantitative estimate of drug-likeness (QED) is 0.774. The highest BCUT2D eigenvalue weighted by Crippen LogP contribution is 2.06. The van der Waals surface area contributed by atoms with Gasteiger partial charge in [-0.3, -0.25) is 0 Å². The zero-order valence-electron chi connectivity index (χ0n) is 7.77. The Balaban J connectivity index is 2.70. The Labute approximate surface area is 87.4 Å². The van der Waals surface area contributed by atoms with Gasteiger partial charge in [0.1, 0.15) is 5.82 Å². The molecule has 0 aliphatic carbocycles. The molecule has 0 heterocycles. The molecule has 1 N–H and O–H groups in total. The molecule has 0 aliphatic rings. The van der Waals surface area contributed by atoms with Crippen LogP contribution in [-0.4, -0.2) is 15.0 Å². The first kappa shape index (κ1) is 11.6. The lowest BCUT2D eigenvalue weighted by atomic mass is 10.2. The molecule has 0 aliphatic heterocycles. The first-order valence-corrected chi connectivity index (χ1v) is 5.77. The van der Waals surface area contributed by atoms with E-state index in [4.69, 9.17) is 5.26 Å². The number of nitrogens with one attached hydrogen (secondary N) is 1. The van der Waals surface area contributed by atoms with Crippen molar-refractivity contribution in [1.82, 2.24) is 4.72 Å². The highest BCUT2D eigenvalue weighted by atomic mass is 32.2. The zero-order chi connectivity index (χ0) is 11.3. The SMILES string of the molecule is N#CCNS(=O)(=O)Cc1ccc(F)cc1. The maximum absolute atomic E-state index is 12.5. The number of nitrogens with zero attached hydrogens (tertiary/aromatic N) is 1. The number of hydrogen-bond acceptors (Lipinski definition) is 3. The highest BCUT2D eigenvalue weighted by molar-refractivity contribution is 7.88. The van der Waals surface area contributed by atoms with Crippen LogP contribution in [0.4, 0.5) is 4.39 Å². The summed E-state index contributed by atoms with van der Waals surface area (Å²) in [7, 11) is -3.50. The molecular weight excluding hydrogens is 219 g/mol. The Morgan fingerprint density at radius 2 is 1.93 bits per heavy atom. The summed E-state index contributed by atoms with van der Waals surface area (Å²) >= 11 is 0. The molecule has 0 unspecified atom stereocenters. The van der Waals surface area contributed by atoms with E-state index >= 15 is 0 Å². The van der Waals surface area contributed by atoms with Crippen LogP contribution in [0.3, 0.4) is 0 Å². The minimum Gasteiger partial charge on any atom is -0.212 e. The van der Waals surface area contributed by atoms with E-state index in [0.29, 0.717) is 5.56 Å². The van der Waals surface area contributed by atoms with E-state index in [1.807, 2.05) is 0 Å². The van der Waals surface area contributed by atoms with Gasteiger partial charge in [-0.1, -0.05) is 12.1 Å². The third kappa shape index (κ3) is 4.06. The fraction of sp³-hybridized carbons (Fsp3) is 0.222. The summed E-state index contributed by atoms with van der Waals surface area (Å²) in [5.41, 5.74) is 0.474. The molecule has 0 radical (unpaired) electrons. The lowest BCUT2D eigenvalue weighted by molar-refractivity contribution is 0.584. The van der Waals surface area contributed by atoms with Crippen LogP contribution in [0.5, 0.6) is 0 Å². The largest absolute Gasteiger partial charge is 0.216 e. The van der Waals surface area contributed by atoms with Crippen LogP contribution < -0.4 is 4.72 Å². The summed E-state index contributed by atoms with van der Waals surface area (Å²) in [6, 6.07) is 6.83. The van der Waals surface area contributed by atoms with Gasteiger partial charge in [-0.05, 0) is 17.7 Å². The zero-order valence-corrected chi connectivity index (χ0v) is 8.59. The Kier molecular flexibility index (Phi) is 3.77. The van der Waals surface area contributed by atoms with Crippen LogP contribution in [0, 0.1) is 17.1 Å². The maximum Gasteiger partial charge on any atom is 0.216 e. The average molecular weight is 228 g/mol. The lowest BCUT2D eigenvalue weighted by Gasteiger charge is -2.03. The highest BCUT2D eigenvalue weighted by Gasteiger charge is 2.10. The molecule has 0 saturated heterocycles. The third-order valence-corrected chi connectivity index (χ3v) is 2.94. The van der Waals surface area contributed by atoms with Crippen LogP contribution in [0.25, 0.3) is 0 Å². The van der Waals surface area contributed by atoms with Gasteiger partial charge in [0.25, 0.3) is 0 Å². The van der Waals surface area contributed by atoms with Crippen molar-refractivity contribution in [1.29, 1.82) is 5.26 Å². The van der Waals surface area contributed by atoms with E-state index in [-0.39, 0.29) is 12.3 Å². The summed E-state index contributed by atoms with van der Waals surface area (Å²) in [6.07, 6.45) is 0. The number of benzene rings is 1. The fourth-order valence-electron chi connectivity index (χ4n) is 0.993. The minimum atomic E-state index is -3.50. The van der Waals surface area contributed by atoms with Gasteiger partial charge >= 0.3 is 0 Å². The van der Waals surface area contributed by atoms with Crippen LogP contribution in [-0.2, 0) is 15.8 Å². The molecule has 1 aromatic carbocycles. The van der Waals surface area contributed by atoms with Gasteiger partial charge < -0.3 is 0 Å². The fourth-order valence-corrected chi connectivity index (χ4v) is 2.01. The summed E-state index contributed by atoms with van der Waals surface area (Å²) in [6.45, 7) is -0.260. The third-order valence-electron chi connectivity index (χ3n) is 1.64. The lowest BCUT2D eigenvalue weighted by Crippen LogP contribution is -2.25. The molecule has 6 heteroatoms. The second-order valence-corrected chi connectivity index (χ2v) is 4.67. The summed E-state index contributed by atoms with van der Waals surface area (Å²) in [4.78, 5) is 0. The van der Waals surface area contributed by atoms with Crippen molar-refractivity contribution in [2.45, 2.75) is 5.75 Å². The Morgan fingerprint density at radius 3 is 2.47 bits per heavy atom. The summed E-state index contributed by atoms with van der Waals surface area (Å²) < 4.78 is 37.2. The number of rotatable bonds is 4. The van der Waals surface area contributed by atoms with E-state index in [2.05, 4.69) is 4.72 Å². The standard InChI is InChI=1S/C9H9FN2O2S/c10-9-3-1-8(2-4-9)7-15(13,14)12-6-5-11/h1-4,12H,6-7H2. The first-order chi connectivity index (χ1) is 7.03. The van der Waals surface area contributed by atoms with Crippen molar-refractivity contribution < 1.29 is 12.8 Å². The average Bonchev–Trinajstić information content (AvgIpc) is 2.18. The molecule has 1 aromatic rings. The second kappa shape index (κ2) is 4.87. The number of sulfonamides is 1. The summed E-state index contributed by atoms with van der Waals surface area (Å²) in [5, 5.41) is 8.21. The normalized spacial score (nSPS) is 10.9. The number of halogens is 1. The number of nitriles is 1. The molecule has 0 saturated carbocycles. The van der Waals surface area contributed by atoms with Gasteiger partial charge in [-0.2, -0.15) is 5.26 Å². The Bertz CT molecular complexity index is 462. The van der Waals surface area contributed by atoms with Gasteiger partial charge in [0.2, 0.25) is 10.0 Å². The molecule has 0 amide bonds. The predicted octanol–water partition coefficient (Wildman–Crippen LogP) is 0.769. The molecule has 1 rings (SSSR count). The van der Waals surface area contributed by atoms with E-state index in [9.17, 15) is 12.8 Å². The minimum absolute atomic E-state index is 0.255. The molecule has 80 valence electrons. The molecule has 4 nitrogen and oxygen atoms in total. The van der Waals surface area contributed by atoms with E-state index in [0.717, 1.165) is 0 Å². The first-order valence-electron chi connectivity index (χ1n) is 4.12. The molecular formula is C9H9FN2O2S. The maximum atomic E-state index is 12.5. The van der Waals surface area contributed by atoms with Gasteiger partial charge in [0.15, 0.2) is 0 Å². The second-order valence-electron chi connectivity index (χ2n) is 2.86. The van der Waals surface area contributed by atoms with Crippen LogP contribution >= 0.6 is 0 Å². The van der Waals surface area contributed by atoms with Gasteiger partial charge in [-0.25, -0.2) is 17.5 Å². The van der Waals surface area contributed by atoms with Crippen molar-refractivity contribution in [2.75, 3.05) is 6.54 Å². The van der Waals surface area contributed by atoms with Crippen molar-refractivity contribution in [3.8, 4) is 6.07 Å². The molecule has 15 heavy (non-hydrogen) atoms. The molecule has 0 spiro atoms. The Morgan fingerprint density at radius 1 is 1.33 bits per heavy atom. The van der Waals surface area contributed by atoms with Crippen LogP contribution in [0.15, 0.2) is 24.3 Å².